The molecule has 0 unspecified atom stereocenters. The molecule has 1 heterocycles. The molecular weight excluding hydrogens is 420 g/mol. The van der Waals surface area contributed by atoms with Gasteiger partial charge in [-0.15, -0.1) is 0 Å². The summed E-state index contributed by atoms with van der Waals surface area (Å²) in [7, 11) is 1.87. The highest BCUT2D eigenvalue weighted by Gasteiger charge is 2.21. The van der Waals surface area contributed by atoms with Gasteiger partial charge in [-0.3, -0.25) is 9.59 Å². The molecule has 8 nitrogen and oxygen atoms in total. The summed E-state index contributed by atoms with van der Waals surface area (Å²) in [6.45, 7) is 8.34. The first-order valence-corrected chi connectivity index (χ1v) is 12.0. The summed E-state index contributed by atoms with van der Waals surface area (Å²) >= 11 is 0. The number of carbonyl (C=O) groups is 2. The lowest BCUT2D eigenvalue weighted by molar-refractivity contribution is -0.145. The third kappa shape index (κ3) is 9.32. The van der Waals surface area contributed by atoms with Gasteiger partial charge in [0.2, 0.25) is 5.91 Å². The summed E-state index contributed by atoms with van der Waals surface area (Å²) in [6, 6.07) is 5.63. The predicted octanol–water partition coefficient (Wildman–Crippen LogP) is 3.85. The summed E-state index contributed by atoms with van der Waals surface area (Å²) < 4.78 is 11.1. The van der Waals surface area contributed by atoms with Gasteiger partial charge in [0.25, 0.3) is 0 Å². The van der Waals surface area contributed by atoms with Crippen LogP contribution in [0.25, 0.3) is 0 Å². The van der Waals surface area contributed by atoms with Crippen molar-refractivity contribution in [1.29, 1.82) is 0 Å². The van der Waals surface area contributed by atoms with Crippen molar-refractivity contribution in [3.63, 3.8) is 0 Å². The first kappa shape index (κ1) is 26.5. The smallest absolute Gasteiger partial charge is 0.325 e. The van der Waals surface area contributed by atoms with Gasteiger partial charge >= 0.3 is 5.97 Å². The van der Waals surface area contributed by atoms with Gasteiger partial charge in [0.15, 0.2) is 5.96 Å². The Morgan fingerprint density at radius 2 is 2.00 bits per heavy atom. The fourth-order valence-electron chi connectivity index (χ4n) is 3.47. The number of nitrogens with zero attached hydrogens (tertiary/aromatic N) is 3. The molecule has 184 valence electrons. The van der Waals surface area contributed by atoms with E-state index in [0.717, 1.165) is 24.2 Å². The molecule has 1 aliphatic heterocycles. The second-order valence-electron chi connectivity index (χ2n) is 9.02. The minimum absolute atomic E-state index is 0.0562. The molecule has 0 aromatic heterocycles. The number of nitrogens with two attached hydrogens (primary N) is 1. The zero-order valence-corrected chi connectivity index (χ0v) is 20.6. The van der Waals surface area contributed by atoms with Gasteiger partial charge in [-0.2, -0.15) is 0 Å². The predicted molar refractivity (Wildman–Crippen MR) is 130 cm³/mol. The van der Waals surface area contributed by atoms with Crippen LogP contribution < -0.4 is 10.5 Å². The van der Waals surface area contributed by atoms with E-state index in [0.29, 0.717) is 44.3 Å². The van der Waals surface area contributed by atoms with E-state index in [1.165, 1.54) is 19.3 Å². The van der Waals surface area contributed by atoms with Gasteiger partial charge in [0.05, 0.1) is 18.9 Å². The van der Waals surface area contributed by atoms with Crippen LogP contribution in [0.1, 0.15) is 64.9 Å². The fraction of sp³-hybridized carbons (Fsp3) is 0.640. The zero-order valence-electron chi connectivity index (χ0n) is 20.6. The Hall–Kier alpha value is -2.77. The van der Waals surface area contributed by atoms with Crippen LogP contribution in [-0.2, 0) is 20.9 Å². The van der Waals surface area contributed by atoms with Crippen LogP contribution >= 0.6 is 0 Å². The Labute approximate surface area is 198 Å². The van der Waals surface area contributed by atoms with Crippen molar-refractivity contribution in [2.75, 3.05) is 33.4 Å². The molecule has 0 saturated heterocycles. The van der Waals surface area contributed by atoms with Crippen molar-refractivity contribution in [3.8, 4) is 5.75 Å². The molecule has 1 aliphatic rings. The number of guanidine groups is 1. The fourth-order valence-corrected chi connectivity index (χ4v) is 3.47. The molecule has 1 aromatic rings. The SMILES string of the molecule is CCCCCCN(C)C(=O)CCCOc1ccc2c(c1)CN(CC(=O)OCC(C)C)C(N)=N2. The maximum Gasteiger partial charge on any atom is 0.325 e. The van der Waals surface area contributed by atoms with Crippen molar-refractivity contribution in [2.24, 2.45) is 16.6 Å². The van der Waals surface area contributed by atoms with Gasteiger partial charge in [0.1, 0.15) is 12.3 Å². The Balaban J connectivity index is 1.78. The van der Waals surface area contributed by atoms with Crippen molar-refractivity contribution in [1.82, 2.24) is 9.80 Å². The number of rotatable bonds is 14. The van der Waals surface area contributed by atoms with Gasteiger partial charge in [0, 0.05) is 32.1 Å². The Kier molecular flexibility index (Phi) is 11.0. The molecule has 1 aromatic carbocycles. The summed E-state index contributed by atoms with van der Waals surface area (Å²) in [5.41, 5.74) is 7.74. The molecule has 0 radical (unpaired) electrons. The van der Waals surface area contributed by atoms with E-state index in [1.807, 2.05) is 44.0 Å². The molecule has 0 atom stereocenters. The lowest BCUT2D eigenvalue weighted by atomic mass is 10.1. The van der Waals surface area contributed by atoms with Crippen LogP contribution in [0.15, 0.2) is 23.2 Å². The standard InChI is InChI=1S/C25H40N4O4/c1-5-6-7-8-13-28(4)23(30)10-9-14-32-21-11-12-22-20(15-21)16-29(25(26)27-22)17-24(31)33-18-19(2)3/h11-12,15,19H,5-10,13-14,16-18H2,1-4H3,(H2,26,27). The Morgan fingerprint density at radius 3 is 2.73 bits per heavy atom. The zero-order chi connectivity index (χ0) is 24.2. The summed E-state index contributed by atoms with van der Waals surface area (Å²) in [4.78, 5) is 32.2. The minimum atomic E-state index is -0.322. The number of fused-ring (bicyclic) bond motifs is 1. The molecule has 0 fully saturated rings. The van der Waals surface area contributed by atoms with E-state index in [-0.39, 0.29) is 24.3 Å². The van der Waals surface area contributed by atoms with E-state index in [2.05, 4.69) is 11.9 Å². The van der Waals surface area contributed by atoms with Crippen molar-refractivity contribution in [3.05, 3.63) is 23.8 Å². The van der Waals surface area contributed by atoms with Crippen molar-refractivity contribution < 1.29 is 19.1 Å². The normalized spacial score (nSPS) is 12.9. The van der Waals surface area contributed by atoms with Gasteiger partial charge < -0.3 is 25.0 Å². The number of amides is 1. The van der Waals surface area contributed by atoms with E-state index in [1.54, 1.807) is 4.90 Å². The first-order chi connectivity index (χ1) is 15.8. The number of carbonyl (C=O) groups excluding carboxylic acids is 2. The van der Waals surface area contributed by atoms with Crippen molar-refractivity contribution in [2.45, 2.75) is 65.8 Å². The molecule has 0 bridgehead atoms. The summed E-state index contributed by atoms with van der Waals surface area (Å²) in [6.07, 6.45) is 5.77. The number of unbranched alkanes of at least 4 members (excludes halogenated alkanes) is 3. The molecule has 0 spiro atoms. The highest BCUT2D eigenvalue weighted by Crippen LogP contribution is 2.29. The average molecular weight is 461 g/mol. The summed E-state index contributed by atoms with van der Waals surface area (Å²) in [5.74, 6) is 1.13. The van der Waals surface area contributed by atoms with Gasteiger partial charge in [-0.05, 0) is 37.0 Å². The number of hydrogen-bond donors (Lipinski definition) is 1. The van der Waals surface area contributed by atoms with Crippen LogP contribution in [0.5, 0.6) is 5.75 Å². The lowest BCUT2D eigenvalue weighted by Crippen LogP contribution is -2.42. The number of esters is 1. The molecule has 0 aliphatic carbocycles. The van der Waals surface area contributed by atoms with Crippen LogP contribution in [0, 0.1) is 5.92 Å². The number of aliphatic imine (C=N–C) groups is 1. The van der Waals surface area contributed by atoms with Crippen LogP contribution in [-0.4, -0.2) is 61.0 Å². The molecule has 8 heteroatoms. The maximum atomic E-state index is 12.2. The second kappa shape index (κ2) is 13.7. The van der Waals surface area contributed by atoms with Gasteiger partial charge in [-0.1, -0.05) is 40.0 Å². The van der Waals surface area contributed by atoms with Gasteiger partial charge in [-0.25, -0.2) is 4.99 Å². The third-order valence-electron chi connectivity index (χ3n) is 5.45. The average Bonchev–Trinajstić information content (AvgIpc) is 2.78. The molecular formula is C25H40N4O4. The largest absolute Gasteiger partial charge is 0.494 e. The van der Waals surface area contributed by atoms with E-state index >= 15 is 0 Å². The van der Waals surface area contributed by atoms with Crippen LogP contribution in [0.2, 0.25) is 0 Å². The Bertz CT molecular complexity index is 810. The Morgan fingerprint density at radius 1 is 1.21 bits per heavy atom. The van der Waals surface area contributed by atoms with E-state index < -0.39 is 0 Å². The minimum Gasteiger partial charge on any atom is -0.494 e. The number of benzene rings is 1. The maximum absolute atomic E-state index is 12.2. The topological polar surface area (TPSA) is 97.5 Å². The quantitative estimate of drug-likeness (QED) is 0.335. The molecule has 2 N–H and O–H groups in total. The molecule has 0 saturated carbocycles. The highest BCUT2D eigenvalue weighted by molar-refractivity contribution is 5.87. The molecule has 2 rings (SSSR count). The van der Waals surface area contributed by atoms with Crippen molar-refractivity contribution >= 4 is 23.5 Å². The first-order valence-electron chi connectivity index (χ1n) is 12.0. The summed E-state index contributed by atoms with van der Waals surface area (Å²) in [5, 5.41) is 0. The van der Waals surface area contributed by atoms with Crippen LogP contribution in [0.4, 0.5) is 5.69 Å². The number of ether oxygens (including phenoxy) is 2. The molecule has 1 amide bonds. The highest BCUT2D eigenvalue weighted by atomic mass is 16.5. The monoisotopic (exact) mass is 460 g/mol. The lowest BCUT2D eigenvalue weighted by Gasteiger charge is -2.27. The van der Waals surface area contributed by atoms with Crippen LogP contribution in [0.3, 0.4) is 0 Å². The second-order valence-corrected chi connectivity index (χ2v) is 9.02. The van der Waals surface area contributed by atoms with E-state index in [4.69, 9.17) is 15.2 Å². The van der Waals surface area contributed by atoms with E-state index in [9.17, 15) is 9.59 Å². The third-order valence-corrected chi connectivity index (χ3v) is 5.45. The molecule has 33 heavy (non-hydrogen) atoms. The number of hydrogen-bond acceptors (Lipinski definition) is 7.